The summed E-state index contributed by atoms with van der Waals surface area (Å²) >= 11 is 0. The number of nitrogens with one attached hydrogen (secondary N) is 2. The molecule has 0 aliphatic heterocycles. The van der Waals surface area contributed by atoms with Gasteiger partial charge in [-0.15, -0.1) is 0 Å². The lowest BCUT2D eigenvalue weighted by Crippen LogP contribution is -2.18. The van der Waals surface area contributed by atoms with Gasteiger partial charge in [-0.05, 0) is 20.3 Å². The van der Waals surface area contributed by atoms with E-state index >= 15 is 0 Å². The third kappa shape index (κ3) is 2.89. The van der Waals surface area contributed by atoms with Gasteiger partial charge in [0.1, 0.15) is 11.6 Å². The van der Waals surface area contributed by atoms with Crippen LogP contribution in [0.4, 0.5) is 5.82 Å². The molecule has 0 amide bonds. The van der Waals surface area contributed by atoms with Gasteiger partial charge in [0, 0.05) is 12.1 Å². The summed E-state index contributed by atoms with van der Waals surface area (Å²) in [5.74, 6) is 1.29. The van der Waals surface area contributed by atoms with Crippen molar-refractivity contribution in [2.24, 2.45) is 0 Å². The first kappa shape index (κ1) is 9.77. The molecular weight excluding hydrogens is 166 g/mol. The molecule has 4 nitrogen and oxygen atoms in total. The number of hydrogen-bond donors (Lipinski definition) is 2. The zero-order valence-corrected chi connectivity index (χ0v) is 8.22. The van der Waals surface area contributed by atoms with E-state index in [0.717, 1.165) is 6.42 Å². The largest absolute Gasteiger partial charge is 0.367 e. The number of rotatable bonds is 3. The molecule has 0 fully saturated rings. The van der Waals surface area contributed by atoms with Crippen molar-refractivity contribution in [2.75, 3.05) is 5.32 Å². The Morgan fingerprint density at radius 3 is 2.92 bits per heavy atom. The van der Waals surface area contributed by atoms with Crippen molar-refractivity contribution in [3.05, 3.63) is 22.2 Å². The third-order valence-electron chi connectivity index (χ3n) is 1.87. The second kappa shape index (κ2) is 4.07. The SMILES string of the molecule is CCC(C)Nc1cc(=O)[nH]c(C)n1. The van der Waals surface area contributed by atoms with Crippen LogP contribution in [0.25, 0.3) is 0 Å². The van der Waals surface area contributed by atoms with Crippen molar-refractivity contribution >= 4 is 5.82 Å². The molecule has 0 spiro atoms. The zero-order chi connectivity index (χ0) is 9.84. The van der Waals surface area contributed by atoms with Crippen molar-refractivity contribution in [2.45, 2.75) is 33.2 Å². The van der Waals surface area contributed by atoms with Crippen LogP contribution in [0.1, 0.15) is 26.1 Å². The molecule has 0 aliphatic carbocycles. The maximum atomic E-state index is 11.0. The fraction of sp³-hybridized carbons (Fsp3) is 0.556. The molecule has 0 radical (unpaired) electrons. The molecule has 2 N–H and O–H groups in total. The predicted molar refractivity (Wildman–Crippen MR) is 53.0 cm³/mol. The molecule has 72 valence electrons. The maximum Gasteiger partial charge on any atom is 0.252 e. The standard InChI is InChI=1S/C9H15N3O/c1-4-6(2)10-8-5-9(13)12-7(3)11-8/h5-6H,4H2,1-3H3,(H2,10,11,12,13). The van der Waals surface area contributed by atoms with Crippen LogP contribution in [0, 0.1) is 6.92 Å². The minimum atomic E-state index is -0.113. The van der Waals surface area contributed by atoms with E-state index in [1.807, 2.05) is 0 Å². The fourth-order valence-corrected chi connectivity index (χ4v) is 1.01. The van der Waals surface area contributed by atoms with Gasteiger partial charge in [0.25, 0.3) is 5.56 Å². The van der Waals surface area contributed by atoms with Crippen LogP contribution in [0.15, 0.2) is 10.9 Å². The first-order valence-corrected chi connectivity index (χ1v) is 4.46. The lowest BCUT2D eigenvalue weighted by atomic mass is 10.2. The van der Waals surface area contributed by atoms with Gasteiger partial charge in [-0.25, -0.2) is 4.98 Å². The first-order chi connectivity index (χ1) is 6.11. The van der Waals surface area contributed by atoms with E-state index < -0.39 is 0 Å². The number of nitrogens with zero attached hydrogens (tertiary/aromatic N) is 1. The number of anilines is 1. The highest BCUT2D eigenvalue weighted by molar-refractivity contribution is 5.33. The van der Waals surface area contributed by atoms with Crippen molar-refractivity contribution in [1.29, 1.82) is 0 Å². The van der Waals surface area contributed by atoms with Gasteiger partial charge in [0.15, 0.2) is 0 Å². The van der Waals surface area contributed by atoms with E-state index in [9.17, 15) is 4.79 Å². The molecule has 4 heteroatoms. The van der Waals surface area contributed by atoms with Crippen LogP contribution in [-0.4, -0.2) is 16.0 Å². The molecule has 0 saturated carbocycles. The van der Waals surface area contributed by atoms with Crippen LogP contribution < -0.4 is 10.9 Å². The monoisotopic (exact) mass is 181 g/mol. The van der Waals surface area contributed by atoms with Crippen molar-refractivity contribution in [1.82, 2.24) is 9.97 Å². The van der Waals surface area contributed by atoms with E-state index in [2.05, 4.69) is 29.1 Å². The van der Waals surface area contributed by atoms with Gasteiger partial charge in [0.2, 0.25) is 0 Å². The Balaban J connectivity index is 2.83. The van der Waals surface area contributed by atoms with E-state index in [4.69, 9.17) is 0 Å². The average molecular weight is 181 g/mol. The Hall–Kier alpha value is -1.32. The van der Waals surface area contributed by atoms with Crippen LogP contribution in [0.2, 0.25) is 0 Å². The molecular formula is C9H15N3O. The second-order valence-corrected chi connectivity index (χ2v) is 3.17. The van der Waals surface area contributed by atoms with E-state index in [1.165, 1.54) is 6.07 Å². The van der Waals surface area contributed by atoms with Crippen LogP contribution in [0.5, 0.6) is 0 Å². The van der Waals surface area contributed by atoms with Crippen molar-refractivity contribution < 1.29 is 0 Å². The predicted octanol–water partition coefficient (Wildman–Crippen LogP) is 1.29. The molecule has 13 heavy (non-hydrogen) atoms. The smallest absolute Gasteiger partial charge is 0.252 e. The molecule has 0 aromatic carbocycles. The number of aromatic nitrogens is 2. The summed E-state index contributed by atoms with van der Waals surface area (Å²) < 4.78 is 0. The van der Waals surface area contributed by atoms with Gasteiger partial charge < -0.3 is 10.3 Å². The Bertz CT molecular complexity index is 332. The second-order valence-electron chi connectivity index (χ2n) is 3.17. The molecule has 1 rings (SSSR count). The summed E-state index contributed by atoms with van der Waals surface area (Å²) in [6.07, 6.45) is 1.01. The minimum absolute atomic E-state index is 0.113. The fourth-order valence-electron chi connectivity index (χ4n) is 1.01. The number of aryl methyl sites for hydroxylation is 1. The first-order valence-electron chi connectivity index (χ1n) is 4.46. The molecule has 1 heterocycles. The molecule has 1 aromatic rings. The topological polar surface area (TPSA) is 57.8 Å². The highest BCUT2D eigenvalue weighted by Crippen LogP contribution is 2.02. The maximum absolute atomic E-state index is 11.0. The summed E-state index contributed by atoms with van der Waals surface area (Å²) in [5.41, 5.74) is -0.113. The Morgan fingerprint density at radius 2 is 2.38 bits per heavy atom. The van der Waals surface area contributed by atoms with Gasteiger partial charge in [-0.1, -0.05) is 6.92 Å². The number of H-pyrrole nitrogens is 1. The van der Waals surface area contributed by atoms with Crippen LogP contribution in [-0.2, 0) is 0 Å². The van der Waals surface area contributed by atoms with Gasteiger partial charge >= 0.3 is 0 Å². The molecule has 0 bridgehead atoms. The van der Waals surface area contributed by atoms with E-state index in [-0.39, 0.29) is 5.56 Å². The van der Waals surface area contributed by atoms with E-state index in [0.29, 0.717) is 17.7 Å². The van der Waals surface area contributed by atoms with E-state index in [1.54, 1.807) is 6.92 Å². The summed E-state index contributed by atoms with van der Waals surface area (Å²) in [6.45, 7) is 5.90. The third-order valence-corrected chi connectivity index (χ3v) is 1.87. The van der Waals surface area contributed by atoms with Gasteiger partial charge in [-0.2, -0.15) is 0 Å². The molecule has 0 aliphatic rings. The lowest BCUT2D eigenvalue weighted by Gasteiger charge is -2.11. The zero-order valence-electron chi connectivity index (χ0n) is 8.22. The quantitative estimate of drug-likeness (QED) is 0.738. The van der Waals surface area contributed by atoms with Gasteiger partial charge in [0.05, 0.1) is 0 Å². The van der Waals surface area contributed by atoms with Gasteiger partial charge in [-0.3, -0.25) is 4.79 Å². The molecule has 0 saturated heterocycles. The minimum Gasteiger partial charge on any atom is -0.367 e. The Labute approximate surface area is 77.4 Å². The number of hydrogen-bond acceptors (Lipinski definition) is 3. The van der Waals surface area contributed by atoms with Crippen LogP contribution in [0.3, 0.4) is 0 Å². The Kier molecular flexibility index (Phi) is 3.06. The van der Waals surface area contributed by atoms with Crippen molar-refractivity contribution in [3.63, 3.8) is 0 Å². The molecule has 1 atom stereocenters. The van der Waals surface area contributed by atoms with Crippen molar-refractivity contribution in [3.8, 4) is 0 Å². The highest BCUT2D eigenvalue weighted by Gasteiger charge is 2.01. The summed E-state index contributed by atoms with van der Waals surface area (Å²) in [7, 11) is 0. The lowest BCUT2D eigenvalue weighted by molar-refractivity contribution is 0.756. The summed E-state index contributed by atoms with van der Waals surface area (Å²) in [5, 5.41) is 3.14. The number of aromatic amines is 1. The normalized spacial score (nSPS) is 12.5. The summed E-state index contributed by atoms with van der Waals surface area (Å²) in [4.78, 5) is 17.8. The molecule has 1 aromatic heterocycles. The summed E-state index contributed by atoms with van der Waals surface area (Å²) in [6, 6.07) is 1.81. The Morgan fingerprint density at radius 1 is 1.69 bits per heavy atom. The van der Waals surface area contributed by atoms with Crippen LogP contribution >= 0.6 is 0 Å². The average Bonchev–Trinajstić information content (AvgIpc) is 2.02. The molecule has 1 unspecified atom stereocenters. The highest BCUT2D eigenvalue weighted by atomic mass is 16.1.